The maximum Gasteiger partial charge on any atom is 0.191 e. The number of hydrogen-bond acceptors (Lipinski definition) is 4. The average Bonchev–Trinajstić information content (AvgIpc) is 3.08. The van der Waals surface area contributed by atoms with E-state index in [1.54, 1.807) is 11.8 Å². The lowest BCUT2D eigenvalue weighted by molar-refractivity contribution is 0.209. The summed E-state index contributed by atoms with van der Waals surface area (Å²) >= 11 is 5.14. The van der Waals surface area contributed by atoms with Crippen molar-refractivity contribution in [3.8, 4) is 5.75 Å². The van der Waals surface area contributed by atoms with Gasteiger partial charge in [0.2, 0.25) is 0 Å². The molecule has 0 bridgehead atoms. The topological polar surface area (TPSA) is 39.9 Å². The van der Waals surface area contributed by atoms with Crippen LogP contribution in [0.2, 0.25) is 0 Å². The van der Waals surface area contributed by atoms with E-state index in [0.29, 0.717) is 6.54 Å². The monoisotopic (exact) mass is 457 g/mol. The van der Waals surface area contributed by atoms with Gasteiger partial charge in [0, 0.05) is 16.8 Å². The molecular formula is C22H24BrN3OS. The quantitative estimate of drug-likeness (QED) is 0.294. The summed E-state index contributed by atoms with van der Waals surface area (Å²) in [6.07, 6.45) is 1.65. The smallest absolute Gasteiger partial charge is 0.191 e. The van der Waals surface area contributed by atoms with Gasteiger partial charge in [0.25, 0.3) is 0 Å². The van der Waals surface area contributed by atoms with Gasteiger partial charge in [0.1, 0.15) is 5.75 Å². The van der Waals surface area contributed by atoms with E-state index in [0.717, 1.165) is 32.5 Å². The molecule has 1 heterocycles. The summed E-state index contributed by atoms with van der Waals surface area (Å²) in [7, 11) is 0. The first-order valence-corrected chi connectivity index (χ1v) is 10.9. The van der Waals surface area contributed by atoms with Crippen LogP contribution in [-0.4, -0.2) is 14.8 Å². The molecule has 28 heavy (non-hydrogen) atoms. The number of ether oxygens (including phenoxy) is 1. The van der Waals surface area contributed by atoms with Crippen LogP contribution < -0.4 is 4.74 Å². The van der Waals surface area contributed by atoms with Crippen LogP contribution in [0.25, 0.3) is 0 Å². The van der Waals surface area contributed by atoms with Crippen molar-refractivity contribution in [3.05, 3.63) is 82.1 Å². The molecule has 1 unspecified atom stereocenters. The first kappa shape index (κ1) is 20.7. The largest absolute Gasteiger partial charge is 0.482 e. The van der Waals surface area contributed by atoms with Crippen molar-refractivity contribution in [2.45, 2.75) is 44.3 Å². The first-order chi connectivity index (χ1) is 13.5. The minimum Gasteiger partial charge on any atom is -0.482 e. The van der Waals surface area contributed by atoms with Gasteiger partial charge in [0.15, 0.2) is 17.1 Å². The molecule has 0 aliphatic heterocycles. The fourth-order valence-corrected chi connectivity index (χ4v) is 4.01. The SMILES string of the molecule is C=CCn1c(SCc2ccc(Br)cc2)nnc1C(C)Oc1cccc(C)c1C. The molecule has 0 fully saturated rings. The normalized spacial score (nSPS) is 12.0. The average molecular weight is 458 g/mol. The van der Waals surface area contributed by atoms with Crippen molar-refractivity contribution >= 4 is 27.7 Å². The molecule has 2 aromatic carbocycles. The second-order valence-corrected chi connectivity index (χ2v) is 8.47. The summed E-state index contributed by atoms with van der Waals surface area (Å²) < 4.78 is 9.37. The summed E-state index contributed by atoms with van der Waals surface area (Å²) in [4.78, 5) is 0. The highest BCUT2D eigenvalue weighted by atomic mass is 79.9. The summed E-state index contributed by atoms with van der Waals surface area (Å²) in [5.74, 6) is 2.51. The molecule has 0 aliphatic carbocycles. The van der Waals surface area contributed by atoms with Crippen molar-refractivity contribution in [3.63, 3.8) is 0 Å². The summed E-state index contributed by atoms with van der Waals surface area (Å²) in [6.45, 7) is 10.7. The predicted molar refractivity (Wildman–Crippen MR) is 119 cm³/mol. The molecule has 0 radical (unpaired) electrons. The van der Waals surface area contributed by atoms with Crippen molar-refractivity contribution < 1.29 is 4.74 Å². The van der Waals surface area contributed by atoms with Crippen molar-refractivity contribution in [2.75, 3.05) is 0 Å². The fraction of sp³-hybridized carbons (Fsp3) is 0.273. The standard InChI is InChI=1S/C22H24BrN3OS/c1-5-13-26-21(17(4)27-20-8-6-7-15(2)16(20)3)24-25-22(26)28-14-18-9-11-19(23)12-10-18/h5-12,17H,1,13-14H2,2-4H3. The molecule has 0 spiro atoms. The number of allylic oxidation sites excluding steroid dienone is 1. The number of thioether (sulfide) groups is 1. The highest BCUT2D eigenvalue weighted by Gasteiger charge is 2.20. The molecule has 0 saturated heterocycles. The van der Waals surface area contributed by atoms with E-state index in [1.165, 1.54) is 11.1 Å². The van der Waals surface area contributed by atoms with Gasteiger partial charge < -0.3 is 4.74 Å². The Morgan fingerprint density at radius 3 is 2.64 bits per heavy atom. The molecule has 0 saturated carbocycles. The van der Waals surface area contributed by atoms with Crippen molar-refractivity contribution in [1.29, 1.82) is 0 Å². The maximum atomic E-state index is 6.22. The highest BCUT2D eigenvalue weighted by Crippen LogP contribution is 2.29. The van der Waals surface area contributed by atoms with Crippen LogP contribution in [-0.2, 0) is 12.3 Å². The number of rotatable bonds is 8. The molecule has 4 nitrogen and oxygen atoms in total. The zero-order valence-corrected chi connectivity index (χ0v) is 18.8. The molecule has 146 valence electrons. The molecule has 6 heteroatoms. The van der Waals surface area contributed by atoms with Crippen molar-refractivity contribution in [2.24, 2.45) is 0 Å². The zero-order chi connectivity index (χ0) is 20.1. The molecule has 1 atom stereocenters. The first-order valence-electron chi connectivity index (χ1n) is 9.13. The van der Waals surface area contributed by atoms with E-state index in [1.807, 2.05) is 25.1 Å². The number of aromatic nitrogens is 3. The molecule has 0 aliphatic rings. The van der Waals surface area contributed by atoms with E-state index in [2.05, 4.69) is 81.5 Å². The van der Waals surface area contributed by atoms with Gasteiger partial charge in [0.05, 0.1) is 0 Å². The number of nitrogens with zero attached hydrogens (tertiary/aromatic N) is 3. The lowest BCUT2D eigenvalue weighted by Gasteiger charge is -2.18. The number of benzene rings is 2. The second-order valence-electron chi connectivity index (χ2n) is 6.61. The molecule has 1 aromatic heterocycles. The number of aryl methyl sites for hydroxylation is 1. The van der Waals surface area contributed by atoms with Gasteiger partial charge in [-0.25, -0.2) is 0 Å². The Bertz CT molecular complexity index is 953. The van der Waals surface area contributed by atoms with Gasteiger partial charge in [-0.1, -0.05) is 58.0 Å². The van der Waals surface area contributed by atoms with Gasteiger partial charge in [-0.3, -0.25) is 4.57 Å². The minimum absolute atomic E-state index is 0.213. The van der Waals surface area contributed by atoms with Gasteiger partial charge >= 0.3 is 0 Å². The molecule has 0 amide bonds. The van der Waals surface area contributed by atoms with E-state index in [-0.39, 0.29) is 6.10 Å². The molecular weight excluding hydrogens is 434 g/mol. The van der Waals surface area contributed by atoms with E-state index < -0.39 is 0 Å². The third-order valence-corrected chi connectivity index (χ3v) is 6.13. The van der Waals surface area contributed by atoms with Crippen LogP contribution in [0, 0.1) is 13.8 Å². The van der Waals surface area contributed by atoms with E-state index >= 15 is 0 Å². The third-order valence-electron chi connectivity index (χ3n) is 4.56. The van der Waals surface area contributed by atoms with E-state index in [9.17, 15) is 0 Å². The summed E-state index contributed by atoms with van der Waals surface area (Å²) in [6, 6.07) is 14.4. The lowest BCUT2D eigenvalue weighted by atomic mass is 10.1. The Morgan fingerprint density at radius 1 is 1.18 bits per heavy atom. The lowest BCUT2D eigenvalue weighted by Crippen LogP contribution is -2.12. The number of halogens is 1. The second kappa shape index (κ2) is 9.43. The molecule has 0 N–H and O–H groups in total. The Morgan fingerprint density at radius 2 is 1.93 bits per heavy atom. The van der Waals surface area contributed by atoms with Crippen LogP contribution in [0.4, 0.5) is 0 Å². The van der Waals surface area contributed by atoms with Gasteiger partial charge in [-0.2, -0.15) is 0 Å². The van der Waals surface area contributed by atoms with Crippen molar-refractivity contribution in [1.82, 2.24) is 14.8 Å². The van der Waals surface area contributed by atoms with Gasteiger partial charge in [-0.15, -0.1) is 16.8 Å². The van der Waals surface area contributed by atoms with Crippen LogP contribution in [0.15, 0.2) is 64.7 Å². The Labute approximate surface area is 179 Å². The predicted octanol–water partition coefficient (Wildman–Crippen LogP) is 6.28. The Hall–Kier alpha value is -2.05. The van der Waals surface area contributed by atoms with Gasteiger partial charge in [-0.05, 0) is 55.7 Å². The summed E-state index contributed by atoms with van der Waals surface area (Å²) in [5.41, 5.74) is 3.60. The zero-order valence-electron chi connectivity index (χ0n) is 16.4. The molecule has 3 aromatic rings. The highest BCUT2D eigenvalue weighted by molar-refractivity contribution is 9.10. The van der Waals surface area contributed by atoms with Crippen LogP contribution in [0.1, 0.15) is 35.5 Å². The Kier molecular flexibility index (Phi) is 6.97. The van der Waals surface area contributed by atoms with Crippen LogP contribution >= 0.6 is 27.7 Å². The van der Waals surface area contributed by atoms with Crippen LogP contribution in [0.3, 0.4) is 0 Å². The fourth-order valence-electron chi connectivity index (χ4n) is 2.83. The van der Waals surface area contributed by atoms with Crippen LogP contribution in [0.5, 0.6) is 5.75 Å². The Balaban J connectivity index is 1.78. The van der Waals surface area contributed by atoms with E-state index in [4.69, 9.17) is 4.74 Å². The maximum absolute atomic E-state index is 6.22. The third kappa shape index (κ3) is 4.86. The minimum atomic E-state index is -0.213. The summed E-state index contributed by atoms with van der Waals surface area (Å²) in [5, 5.41) is 9.70. The molecule has 3 rings (SSSR count). The number of hydrogen-bond donors (Lipinski definition) is 0.